The zero-order chi connectivity index (χ0) is 11.9. The van der Waals surface area contributed by atoms with Crippen LogP contribution in [0.2, 0.25) is 0 Å². The largest absolute Gasteiger partial charge is 0.378 e. The van der Waals surface area contributed by atoms with E-state index in [0.29, 0.717) is 6.10 Å². The number of nitrogens with one attached hydrogen (secondary N) is 1. The summed E-state index contributed by atoms with van der Waals surface area (Å²) < 4.78 is 5.81. The van der Waals surface area contributed by atoms with Gasteiger partial charge in [0.1, 0.15) is 0 Å². The maximum atomic E-state index is 5.81. The van der Waals surface area contributed by atoms with Gasteiger partial charge in [-0.3, -0.25) is 0 Å². The van der Waals surface area contributed by atoms with Crippen LogP contribution in [-0.2, 0) is 4.74 Å². The van der Waals surface area contributed by atoms with Crippen molar-refractivity contribution in [2.45, 2.75) is 45.1 Å². The zero-order valence-electron chi connectivity index (χ0n) is 11.3. The Morgan fingerprint density at radius 2 is 2.24 bits per heavy atom. The number of rotatable bonds is 3. The van der Waals surface area contributed by atoms with Crippen LogP contribution in [0.4, 0.5) is 0 Å². The normalized spacial score (nSPS) is 33.0. The summed E-state index contributed by atoms with van der Waals surface area (Å²) in [4.78, 5) is 2.64. The van der Waals surface area contributed by atoms with Crippen LogP contribution in [0.5, 0.6) is 0 Å². The van der Waals surface area contributed by atoms with E-state index in [0.717, 1.165) is 12.5 Å². The molecule has 0 amide bonds. The lowest BCUT2D eigenvalue weighted by Crippen LogP contribution is -2.40. The molecule has 0 aromatic heterocycles. The van der Waals surface area contributed by atoms with Crippen molar-refractivity contribution < 1.29 is 4.74 Å². The maximum Gasteiger partial charge on any atom is 0.0587 e. The van der Waals surface area contributed by atoms with E-state index in [4.69, 9.17) is 4.74 Å². The van der Waals surface area contributed by atoms with Gasteiger partial charge in [0.15, 0.2) is 0 Å². The predicted molar refractivity (Wildman–Crippen MR) is 71.3 cm³/mol. The van der Waals surface area contributed by atoms with Gasteiger partial charge in [0.05, 0.1) is 6.10 Å². The Bertz CT molecular complexity index is 204. The van der Waals surface area contributed by atoms with E-state index in [1.807, 2.05) is 0 Å². The second-order valence-electron chi connectivity index (χ2n) is 5.74. The second-order valence-corrected chi connectivity index (χ2v) is 5.74. The summed E-state index contributed by atoms with van der Waals surface area (Å²) >= 11 is 0. The SMILES string of the molecule is CC1CNCCCN(CCC2CCCCO2)C1. The number of ether oxygens (including phenoxy) is 1. The van der Waals surface area contributed by atoms with Gasteiger partial charge in [-0.2, -0.15) is 0 Å². The Morgan fingerprint density at radius 1 is 1.29 bits per heavy atom. The molecule has 3 nitrogen and oxygen atoms in total. The molecule has 3 heteroatoms. The molecular formula is C14H28N2O. The van der Waals surface area contributed by atoms with Crippen molar-refractivity contribution in [3.63, 3.8) is 0 Å². The summed E-state index contributed by atoms with van der Waals surface area (Å²) in [7, 11) is 0. The Kier molecular flexibility index (Phi) is 5.75. The highest BCUT2D eigenvalue weighted by Crippen LogP contribution is 2.16. The van der Waals surface area contributed by atoms with Crippen molar-refractivity contribution in [3.05, 3.63) is 0 Å². The molecule has 0 aliphatic carbocycles. The molecule has 2 heterocycles. The van der Waals surface area contributed by atoms with Crippen LogP contribution in [0, 0.1) is 5.92 Å². The molecule has 2 rings (SSSR count). The first-order chi connectivity index (χ1) is 8.34. The van der Waals surface area contributed by atoms with Crippen LogP contribution in [0.15, 0.2) is 0 Å². The third-order valence-corrected chi connectivity index (χ3v) is 3.93. The van der Waals surface area contributed by atoms with Gasteiger partial charge < -0.3 is 15.0 Å². The number of hydrogen-bond acceptors (Lipinski definition) is 3. The minimum absolute atomic E-state index is 0.544. The Morgan fingerprint density at radius 3 is 3.06 bits per heavy atom. The van der Waals surface area contributed by atoms with E-state index in [1.165, 1.54) is 64.8 Å². The molecule has 2 atom stereocenters. The van der Waals surface area contributed by atoms with Crippen molar-refractivity contribution in [2.75, 3.05) is 39.3 Å². The molecule has 1 N–H and O–H groups in total. The minimum Gasteiger partial charge on any atom is -0.378 e. The summed E-state index contributed by atoms with van der Waals surface area (Å²) in [5, 5.41) is 3.51. The monoisotopic (exact) mass is 240 g/mol. The van der Waals surface area contributed by atoms with Gasteiger partial charge in [-0.25, -0.2) is 0 Å². The highest BCUT2D eigenvalue weighted by molar-refractivity contribution is 4.72. The molecule has 0 spiro atoms. The van der Waals surface area contributed by atoms with E-state index in [2.05, 4.69) is 17.1 Å². The summed E-state index contributed by atoms with van der Waals surface area (Å²) in [5.41, 5.74) is 0. The first kappa shape index (κ1) is 13.3. The summed E-state index contributed by atoms with van der Waals surface area (Å²) in [5.74, 6) is 0.780. The lowest BCUT2D eigenvalue weighted by atomic mass is 10.1. The van der Waals surface area contributed by atoms with Gasteiger partial charge in [-0.05, 0) is 57.7 Å². The first-order valence-electron chi connectivity index (χ1n) is 7.39. The van der Waals surface area contributed by atoms with Crippen molar-refractivity contribution in [3.8, 4) is 0 Å². The van der Waals surface area contributed by atoms with Crippen LogP contribution in [0.25, 0.3) is 0 Å². The summed E-state index contributed by atoms with van der Waals surface area (Å²) in [6.45, 7) is 9.43. The summed E-state index contributed by atoms with van der Waals surface area (Å²) in [6.07, 6.45) is 6.99. The van der Waals surface area contributed by atoms with Gasteiger partial charge >= 0.3 is 0 Å². The fourth-order valence-electron chi connectivity index (χ4n) is 2.94. The van der Waals surface area contributed by atoms with E-state index in [-0.39, 0.29) is 0 Å². The highest BCUT2D eigenvalue weighted by Gasteiger charge is 2.17. The molecule has 2 aliphatic rings. The van der Waals surface area contributed by atoms with Crippen LogP contribution < -0.4 is 5.32 Å². The zero-order valence-corrected chi connectivity index (χ0v) is 11.3. The smallest absolute Gasteiger partial charge is 0.0587 e. The van der Waals surface area contributed by atoms with Crippen LogP contribution in [0.1, 0.15) is 39.0 Å². The molecule has 0 radical (unpaired) electrons. The Labute approximate surface area is 106 Å². The van der Waals surface area contributed by atoms with Crippen molar-refractivity contribution >= 4 is 0 Å². The van der Waals surface area contributed by atoms with Crippen LogP contribution in [-0.4, -0.2) is 50.3 Å². The second kappa shape index (κ2) is 7.34. The van der Waals surface area contributed by atoms with Crippen LogP contribution >= 0.6 is 0 Å². The fourth-order valence-corrected chi connectivity index (χ4v) is 2.94. The molecule has 2 saturated heterocycles. The lowest BCUT2D eigenvalue weighted by molar-refractivity contribution is 0.00451. The molecular weight excluding hydrogens is 212 g/mol. The predicted octanol–water partition coefficient (Wildman–Crippen LogP) is 1.88. The molecule has 0 aromatic rings. The topological polar surface area (TPSA) is 24.5 Å². The van der Waals surface area contributed by atoms with Crippen molar-refractivity contribution in [1.29, 1.82) is 0 Å². The van der Waals surface area contributed by atoms with E-state index in [9.17, 15) is 0 Å². The standard InChI is InChI=1S/C14H28N2O/c1-13-11-15-7-4-8-16(12-13)9-6-14-5-2-3-10-17-14/h13-15H,2-12H2,1H3. The van der Waals surface area contributed by atoms with E-state index >= 15 is 0 Å². The van der Waals surface area contributed by atoms with Gasteiger partial charge in [0.2, 0.25) is 0 Å². The average Bonchev–Trinajstić information content (AvgIpc) is 2.33. The fraction of sp³-hybridized carbons (Fsp3) is 1.00. The first-order valence-corrected chi connectivity index (χ1v) is 7.39. The number of nitrogens with zero attached hydrogens (tertiary/aromatic N) is 1. The lowest BCUT2D eigenvalue weighted by Gasteiger charge is -2.30. The maximum absolute atomic E-state index is 5.81. The third kappa shape index (κ3) is 4.94. The van der Waals surface area contributed by atoms with E-state index in [1.54, 1.807) is 0 Å². The minimum atomic E-state index is 0.544. The van der Waals surface area contributed by atoms with Crippen LogP contribution in [0.3, 0.4) is 0 Å². The Hall–Kier alpha value is -0.120. The molecule has 0 saturated carbocycles. The van der Waals surface area contributed by atoms with Gasteiger partial charge in [-0.1, -0.05) is 6.92 Å². The van der Waals surface area contributed by atoms with Gasteiger partial charge in [0, 0.05) is 19.7 Å². The average molecular weight is 240 g/mol. The molecule has 2 fully saturated rings. The molecule has 0 bridgehead atoms. The van der Waals surface area contributed by atoms with Gasteiger partial charge in [0.25, 0.3) is 0 Å². The molecule has 100 valence electrons. The molecule has 2 unspecified atom stereocenters. The van der Waals surface area contributed by atoms with Crippen molar-refractivity contribution in [2.24, 2.45) is 5.92 Å². The molecule has 0 aromatic carbocycles. The highest BCUT2D eigenvalue weighted by atomic mass is 16.5. The third-order valence-electron chi connectivity index (χ3n) is 3.93. The molecule has 17 heavy (non-hydrogen) atoms. The van der Waals surface area contributed by atoms with Gasteiger partial charge in [-0.15, -0.1) is 0 Å². The quantitative estimate of drug-likeness (QED) is 0.815. The van der Waals surface area contributed by atoms with Crippen molar-refractivity contribution in [1.82, 2.24) is 10.2 Å². The Balaban J connectivity index is 1.68. The van der Waals surface area contributed by atoms with E-state index < -0.39 is 0 Å². The number of hydrogen-bond donors (Lipinski definition) is 1. The molecule has 2 aliphatic heterocycles. The summed E-state index contributed by atoms with van der Waals surface area (Å²) in [6, 6.07) is 0.